The van der Waals surface area contributed by atoms with E-state index in [0.717, 1.165) is 38.8 Å². The Balaban J connectivity index is 1.48. The van der Waals surface area contributed by atoms with Gasteiger partial charge in [0.2, 0.25) is 0 Å². The molecule has 0 aromatic rings. The van der Waals surface area contributed by atoms with Gasteiger partial charge in [0, 0.05) is 57.9 Å². The molecule has 6 aliphatic rings. The molecular weight excluding hydrogens is 447 g/mol. The Morgan fingerprint density at radius 3 is 1.55 bits per heavy atom. The number of hydrogen-bond acceptors (Lipinski definition) is 9. The third-order valence-corrected chi connectivity index (χ3v) is 9.55. The molecule has 9 nitrogen and oxygen atoms in total. The van der Waals surface area contributed by atoms with Crippen LogP contribution in [0.3, 0.4) is 0 Å². The van der Waals surface area contributed by atoms with Gasteiger partial charge in [-0.3, -0.25) is 24.0 Å². The highest BCUT2D eigenvalue weighted by atomic mass is 31.2. The van der Waals surface area contributed by atoms with Gasteiger partial charge in [0.25, 0.3) is 0 Å². The smallest absolute Gasteiger partial charge is 0.327 e. The van der Waals surface area contributed by atoms with E-state index in [-0.39, 0.29) is 61.9 Å². The normalized spacial score (nSPS) is 44.3. The molecular formula is C23H39N2O7P. The second-order valence-corrected chi connectivity index (χ2v) is 12.6. The third-order valence-electron chi connectivity index (χ3n) is 8.35. The van der Waals surface area contributed by atoms with Gasteiger partial charge in [-0.1, -0.05) is 0 Å². The van der Waals surface area contributed by atoms with Crippen LogP contribution in [0.2, 0.25) is 0 Å². The first-order valence-electron chi connectivity index (χ1n) is 12.1. The van der Waals surface area contributed by atoms with Crippen LogP contribution in [-0.4, -0.2) is 105 Å². The predicted octanol–water partition coefficient (Wildman–Crippen LogP) is 1.98. The summed E-state index contributed by atoms with van der Waals surface area (Å²) in [5, 5.41) is 0. The number of piperidine rings is 6. The molecule has 6 aliphatic heterocycles. The molecule has 8 atom stereocenters. The second-order valence-electron chi connectivity index (χ2n) is 10.5. The van der Waals surface area contributed by atoms with Crippen molar-refractivity contribution in [1.82, 2.24) is 9.80 Å². The van der Waals surface area contributed by atoms with E-state index in [2.05, 4.69) is 23.6 Å². The minimum Gasteiger partial charge on any atom is -0.382 e. The Labute approximate surface area is 197 Å². The number of Topliss-reactive ketones (excluding diaryl/α,β-unsaturated/α-hetero) is 2. The lowest BCUT2D eigenvalue weighted by Gasteiger charge is -2.56. The molecule has 0 amide bonds. The minimum atomic E-state index is -3.56. The monoisotopic (exact) mass is 486 g/mol. The van der Waals surface area contributed by atoms with Crippen LogP contribution in [0.1, 0.15) is 39.5 Å². The number of rotatable bonds is 10. The summed E-state index contributed by atoms with van der Waals surface area (Å²) in [4.78, 5) is 30.8. The maximum atomic E-state index is 13.4. The molecule has 0 aromatic heterocycles. The van der Waals surface area contributed by atoms with Crippen molar-refractivity contribution in [1.29, 1.82) is 0 Å². The summed E-state index contributed by atoms with van der Waals surface area (Å²) in [6, 6.07) is 0.457. The fourth-order valence-corrected chi connectivity index (χ4v) is 7.77. The molecule has 0 saturated carbocycles. The molecule has 33 heavy (non-hydrogen) atoms. The zero-order valence-corrected chi connectivity index (χ0v) is 21.5. The predicted molar refractivity (Wildman–Crippen MR) is 122 cm³/mol. The van der Waals surface area contributed by atoms with Crippen LogP contribution in [-0.2, 0) is 32.7 Å². The van der Waals surface area contributed by atoms with Crippen molar-refractivity contribution in [2.45, 2.75) is 62.7 Å². The molecule has 4 bridgehead atoms. The summed E-state index contributed by atoms with van der Waals surface area (Å²) in [6.07, 6.45) is 3.35. The molecule has 0 aliphatic carbocycles. The maximum absolute atomic E-state index is 13.4. The molecule has 6 fully saturated rings. The summed E-state index contributed by atoms with van der Waals surface area (Å²) in [6.45, 7) is 7.49. The summed E-state index contributed by atoms with van der Waals surface area (Å²) in [5.41, 5.74) is -1.90. The number of ketones is 2. The zero-order valence-electron chi connectivity index (χ0n) is 20.6. The fourth-order valence-electron chi connectivity index (χ4n) is 6.80. The second kappa shape index (κ2) is 9.41. The molecule has 0 spiro atoms. The van der Waals surface area contributed by atoms with Crippen LogP contribution in [0.25, 0.3) is 0 Å². The molecule has 6 rings (SSSR count). The van der Waals surface area contributed by atoms with Crippen molar-refractivity contribution in [2.24, 2.45) is 11.8 Å². The lowest BCUT2D eigenvalue weighted by Crippen LogP contribution is -2.72. The fraction of sp³-hybridized carbons (Fsp3) is 0.913. The van der Waals surface area contributed by atoms with Gasteiger partial charge in [-0.15, -0.1) is 0 Å². The lowest BCUT2D eigenvalue weighted by molar-refractivity contribution is -0.165. The number of hydrogen-bond donors (Lipinski definition) is 0. The summed E-state index contributed by atoms with van der Waals surface area (Å²) in [5.74, 6) is 0.166. The van der Waals surface area contributed by atoms with Gasteiger partial charge < -0.3 is 18.5 Å². The Bertz CT molecular complexity index is 763. The van der Waals surface area contributed by atoms with Crippen molar-refractivity contribution in [3.63, 3.8) is 0 Å². The van der Waals surface area contributed by atoms with Crippen molar-refractivity contribution in [3.05, 3.63) is 0 Å². The highest BCUT2D eigenvalue weighted by molar-refractivity contribution is 7.52. The van der Waals surface area contributed by atoms with Gasteiger partial charge in [0.15, 0.2) is 11.6 Å². The number of nitrogens with zero attached hydrogens (tertiary/aromatic N) is 2. The molecule has 0 N–H and O–H groups in total. The highest BCUT2D eigenvalue weighted by Gasteiger charge is 2.58. The topological polar surface area (TPSA) is 94.6 Å². The first-order chi connectivity index (χ1) is 15.6. The average molecular weight is 487 g/mol. The van der Waals surface area contributed by atoms with Gasteiger partial charge in [0.1, 0.15) is 11.1 Å². The molecule has 10 heteroatoms. The largest absolute Gasteiger partial charge is 0.382 e. The van der Waals surface area contributed by atoms with Gasteiger partial charge in [-0.25, -0.2) is 0 Å². The van der Waals surface area contributed by atoms with Crippen LogP contribution in [0.5, 0.6) is 0 Å². The van der Waals surface area contributed by atoms with Crippen LogP contribution in [0, 0.1) is 11.8 Å². The van der Waals surface area contributed by atoms with Crippen LogP contribution in [0.15, 0.2) is 0 Å². The van der Waals surface area contributed by atoms with Gasteiger partial charge in [-0.2, -0.15) is 0 Å². The lowest BCUT2D eigenvalue weighted by atomic mass is 9.71. The van der Waals surface area contributed by atoms with Crippen molar-refractivity contribution >= 4 is 19.2 Å². The Morgan fingerprint density at radius 2 is 1.21 bits per heavy atom. The Kier molecular flexibility index (Phi) is 7.25. The van der Waals surface area contributed by atoms with E-state index >= 15 is 0 Å². The number of carbonyl (C=O) groups is 2. The molecule has 0 aromatic carbocycles. The van der Waals surface area contributed by atoms with E-state index in [1.807, 2.05) is 0 Å². The van der Waals surface area contributed by atoms with Crippen molar-refractivity contribution < 1.29 is 32.7 Å². The quantitative estimate of drug-likeness (QED) is 0.430. The van der Waals surface area contributed by atoms with Gasteiger partial charge in [-0.05, 0) is 39.5 Å². The van der Waals surface area contributed by atoms with E-state index < -0.39 is 18.7 Å². The van der Waals surface area contributed by atoms with E-state index in [4.69, 9.17) is 18.5 Å². The van der Waals surface area contributed by atoms with E-state index in [0.29, 0.717) is 0 Å². The summed E-state index contributed by atoms with van der Waals surface area (Å²) >= 11 is 0. The molecule has 0 radical (unpaired) electrons. The Hall–Kier alpha value is -0.670. The first kappa shape index (κ1) is 25.4. The van der Waals surface area contributed by atoms with E-state index in [9.17, 15) is 14.2 Å². The number of carbonyl (C=O) groups excluding carboxylic acids is 2. The number of ether oxygens (including phenoxy) is 2. The van der Waals surface area contributed by atoms with Crippen LogP contribution in [0.4, 0.5) is 0 Å². The van der Waals surface area contributed by atoms with Crippen LogP contribution < -0.4 is 0 Å². The summed E-state index contributed by atoms with van der Waals surface area (Å²) < 4.78 is 36.0. The molecule has 8 unspecified atom stereocenters. The Morgan fingerprint density at radius 1 is 0.818 bits per heavy atom. The molecule has 6 heterocycles. The minimum absolute atomic E-state index is 0.0180. The van der Waals surface area contributed by atoms with Gasteiger partial charge >= 0.3 is 7.60 Å². The highest BCUT2D eigenvalue weighted by Crippen LogP contribution is 2.50. The third kappa shape index (κ3) is 4.28. The SMILES string of the molecule is COCC1(COP(C)(=O)OCC2(COC)C(=O)C3CCN2C(C)C3)C(=O)C2CCN1C(C)C2. The maximum Gasteiger partial charge on any atom is 0.327 e. The summed E-state index contributed by atoms with van der Waals surface area (Å²) in [7, 11) is -0.427. The van der Waals surface area contributed by atoms with Gasteiger partial charge in [0.05, 0.1) is 26.4 Å². The zero-order chi connectivity index (χ0) is 24.0. The van der Waals surface area contributed by atoms with E-state index in [1.165, 1.54) is 6.66 Å². The first-order valence-corrected chi connectivity index (χ1v) is 14.1. The van der Waals surface area contributed by atoms with Crippen molar-refractivity contribution in [3.8, 4) is 0 Å². The van der Waals surface area contributed by atoms with Crippen LogP contribution >= 0.6 is 7.60 Å². The number of methoxy groups -OCH3 is 2. The van der Waals surface area contributed by atoms with Crippen molar-refractivity contribution in [2.75, 3.05) is 60.4 Å². The standard InChI is InChI=1S/C23H39N2O7P/c1-16-10-18-6-8-24(16)22(12-29-3,20(18)26)14-31-33(5,28)32-15-23(13-30-4)21(27)19-7-9-25(23)17(2)11-19/h16-19H,6-15H2,1-5H3. The molecule has 188 valence electrons. The molecule has 6 saturated heterocycles. The number of fused-ring (bicyclic) bond motifs is 6. The van der Waals surface area contributed by atoms with E-state index in [1.54, 1.807) is 14.2 Å². The average Bonchev–Trinajstić information content (AvgIpc) is 2.77.